The van der Waals surface area contributed by atoms with Crippen LogP contribution < -0.4 is 4.74 Å². The Morgan fingerprint density at radius 2 is 2.31 bits per heavy atom. The Hall–Kier alpha value is -0.765. The molecule has 1 heterocycles. The fraction of sp³-hybridized carbons (Fsp3) is 0.222. The van der Waals surface area contributed by atoms with E-state index in [1.807, 2.05) is 6.07 Å². The summed E-state index contributed by atoms with van der Waals surface area (Å²) in [5, 5.41) is 0. The molecule has 0 aromatic heterocycles. The van der Waals surface area contributed by atoms with Crippen molar-refractivity contribution in [3.8, 4) is 5.75 Å². The van der Waals surface area contributed by atoms with Gasteiger partial charge in [-0.2, -0.15) is 0 Å². The Morgan fingerprint density at radius 3 is 3.00 bits per heavy atom. The normalized spacial score (nSPS) is 13.6. The standard InChI is InChI=1S/C9H6BBrO2/c10-9(12)7-4-6(11)3-5-1-2-13-8(5)7/h3-4H,1-2H2. The Balaban J connectivity index is 2.62. The zero-order valence-corrected chi connectivity index (χ0v) is 8.43. The average Bonchev–Trinajstić information content (AvgIpc) is 2.49. The van der Waals surface area contributed by atoms with Gasteiger partial charge in [0.2, 0.25) is 0 Å². The summed E-state index contributed by atoms with van der Waals surface area (Å²) in [6.07, 6.45) is 0.842. The van der Waals surface area contributed by atoms with Crippen LogP contribution in [0.3, 0.4) is 0 Å². The second-order valence-electron chi connectivity index (χ2n) is 2.90. The molecule has 0 N–H and O–H groups in total. The molecule has 0 saturated carbocycles. The van der Waals surface area contributed by atoms with Crippen LogP contribution in [0.4, 0.5) is 0 Å². The third-order valence-electron chi connectivity index (χ3n) is 2.01. The molecule has 1 aromatic rings. The molecule has 2 radical (unpaired) electrons. The van der Waals surface area contributed by atoms with E-state index in [0.29, 0.717) is 17.9 Å². The number of carbonyl (C=O) groups excluding carboxylic acids is 1. The van der Waals surface area contributed by atoms with Crippen molar-refractivity contribution < 1.29 is 9.53 Å². The predicted molar refractivity (Wildman–Crippen MR) is 53.4 cm³/mol. The third-order valence-corrected chi connectivity index (χ3v) is 2.47. The van der Waals surface area contributed by atoms with E-state index in [9.17, 15) is 4.79 Å². The van der Waals surface area contributed by atoms with E-state index in [4.69, 9.17) is 12.6 Å². The van der Waals surface area contributed by atoms with Crippen LogP contribution in [0.5, 0.6) is 5.75 Å². The summed E-state index contributed by atoms with van der Waals surface area (Å²) in [6, 6.07) is 3.64. The fourth-order valence-corrected chi connectivity index (χ4v) is 1.96. The fourth-order valence-electron chi connectivity index (χ4n) is 1.45. The molecule has 13 heavy (non-hydrogen) atoms. The second kappa shape index (κ2) is 3.18. The van der Waals surface area contributed by atoms with E-state index in [0.717, 1.165) is 16.5 Å². The predicted octanol–water partition coefficient (Wildman–Crippen LogP) is 1.69. The molecular formula is C9H6BBrO2. The van der Waals surface area contributed by atoms with Crippen molar-refractivity contribution in [2.45, 2.75) is 6.42 Å². The number of fused-ring (bicyclic) bond motifs is 1. The van der Waals surface area contributed by atoms with Crippen LogP contribution in [0.15, 0.2) is 16.6 Å². The zero-order valence-electron chi connectivity index (χ0n) is 6.84. The van der Waals surface area contributed by atoms with Crippen molar-refractivity contribution in [3.05, 3.63) is 27.7 Å². The molecule has 4 heteroatoms. The number of carbonyl (C=O) groups is 1. The van der Waals surface area contributed by atoms with Crippen LogP contribution in [0.2, 0.25) is 0 Å². The van der Waals surface area contributed by atoms with Crippen LogP contribution in [-0.4, -0.2) is 20.1 Å². The monoisotopic (exact) mass is 236 g/mol. The zero-order chi connectivity index (χ0) is 9.42. The van der Waals surface area contributed by atoms with Crippen LogP contribution in [0.25, 0.3) is 0 Å². The maximum absolute atomic E-state index is 11.0. The average molecular weight is 237 g/mol. The van der Waals surface area contributed by atoms with Gasteiger partial charge in [0.15, 0.2) is 7.85 Å². The number of hydrogen-bond acceptors (Lipinski definition) is 2. The van der Waals surface area contributed by atoms with Crippen LogP contribution in [-0.2, 0) is 6.42 Å². The highest BCUT2D eigenvalue weighted by Gasteiger charge is 2.18. The van der Waals surface area contributed by atoms with Gasteiger partial charge in [0.25, 0.3) is 0 Å². The summed E-state index contributed by atoms with van der Waals surface area (Å²) in [7, 11) is 5.22. The van der Waals surface area contributed by atoms with Gasteiger partial charge in [0, 0.05) is 16.5 Å². The van der Waals surface area contributed by atoms with Crippen LogP contribution >= 0.6 is 15.9 Å². The van der Waals surface area contributed by atoms with Crippen molar-refractivity contribution >= 4 is 29.5 Å². The van der Waals surface area contributed by atoms with Gasteiger partial charge in [-0.1, -0.05) is 15.9 Å². The maximum Gasteiger partial charge on any atom is 0.175 e. The minimum atomic E-state index is -0.445. The number of benzene rings is 1. The van der Waals surface area contributed by atoms with Crippen molar-refractivity contribution in [1.29, 1.82) is 0 Å². The van der Waals surface area contributed by atoms with Crippen molar-refractivity contribution in [2.75, 3.05) is 6.61 Å². The van der Waals surface area contributed by atoms with Gasteiger partial charge >= 0.3 is 0 Å². The molecule has 0 spiro atoms. The molecule has 1 aliphatic heterocycles. The Kier molecular flexibility index (Phi) is 2.16. The lowest BCUT2D eigenvalue weighted by Gasteiger charge is -2.05. The lowest BCUT2D eigenvalue weighted by atomic mass is 9.92. The lowest BCUT2D eigenvalue weighted by Crippen LogP contribution is -2.00. The third kappa shape index (κ3) is 1.50. The topological polar surface area (TPSA) is 26.3 Å². The molecule has 2 rings (SSSR count). The molecule has 0 saturated heterocycles. The van der Waals surface area contributed by atoms with E-state index < -0.39 is 5.68 Å². The molecule has 2 nitrogen and oxygen atoms in total. The first-order valence-corrected chi connectivity index (χ1v) is 4.73. The first-order valence-electron chi connectivity index (χ1n) is 3.93. The maximum atomic E-state index is 11.0. The Morgan fingerprint density at radius 1 is 1.54 bits per heavy atom. The SMILES string of the molecule is [B]C(=O)c1cc(Br)cc2c1OCC2. The minimum absolute atomic E-state index is 0.445. The quantitative estimate of drug-likeness (QED) is 0.694. The first-order chi connectivity index (χ1) is 6.18. The van der Waals surface area contributed by atoms with Gasteiger partial charge in [-0.05, 0) is 17.7 Å². The molecule has 0 unspecified atom stereocenters. The van der Waals surface area contributed by atoms with Crippen molar-refractivity contribution in [3.63, 3.8) is 0 Å². The van der Waals surface area contributed by atoms with Crippen molar-refractivity contribution in [1.82, 2.24) is 0 Å². The van der Waals surface area contributed by atoms with E-state index in [1.54, 1.807) is 6.07 Å². The molecular weight excluding hydrogens is 231 g/mol. The minimum Gasteiger partial charge on any atom is -0.492 e. The Labute approximate surface area is 85.8 Å². The van der Waals surface area contributed by atoms with Crippen molar-refractivity contribution in [2.24, 2.45) is 0 Å². The summed E-state index contributed by atoms with van der Waals surface area (Å²) in [4.78, 5) is 11.0. The first kappa shape index (κ1) is 8.82. The molecule has 0 fully saturated rings. The Bertz CT molecular complexity index is 376. The highest BCUT2D eigenvalue weighted by molar-refractivity contribution is 9.10. The summed E-state index contributed by atoms with van der Waals surface area (Å²) in [5.41, 5.74) is 1.06. The van der Waals surface area contributed by atoms with Crippen LogP contribution in [0, 0.1) is 0 Å². The molecule has 64 valence electrons. The second-order valence-corrected chi connectivity index (χ2v) is 3.82. The number of hydrogen-bond donors (Lipinski definition) is 0. The highest BCUT2D eigenvalue weighted by atomic mass is 79.9. The van der Waals surface area contributed by atoms with Gasteiger partial charge in [-0.3, -0.25) is 0 Å². The highest BCUT2D eigenvalue weighted by Crippen LogP contribution is 2.32. The van der Waals surface area contributed by atoms with Gasteiger partial charge in [0.05, 0.1) is 6.61 Å². The number of rotatable bonds is 1. The summed E-state index contributed by atoms with van der Waals surface area (Å²) in [5.74, 6) is 0.649. The van der Waals surface area contributed by atoms with Gasteiger partial charge in [-0.25, -0.2) is 0 Å². The van der Waals surface area contributed by atoms with Crippen LogP contribution in [0.1, 0.15) is 15.9 Å². The summed E-state index contributed by atoms with van der Waals surface area (Å²) in [6.45, 7) is 0.631. The van der Waals surface area contributed by atoms with Gasteiger partial charge < -0.3 is 9.53 Å². The number of ether oxygens (including phenoxy) is 1. The lowest BCUT2D eigenvalue weighted by molar-refractivity contribution is 0.107. The van der Waals surface area contributed by atoms with E-state index >= 15 is 0 Å². The molecule has 0 aliphatic carbocycles. The largest absolute Gasteiger partial charge is 0.492 e. The molecule has 0 atom stereocenters. The molecule has 1 aromatic carbocycles. The smallest absolute Gasteiger partial charge is 0.175 e. The van der Waals surface area contributed by atoms with Gasteiger partial charge in [-0.15, -0.1) is 0 Å². The van der Waals surface area contributed by atoms with E-state index in [2.05, 4.69) is 15.9 Å². The van der Waals surface area contributed by atoms with E-state index in [1.165, 1.54) is 0 Å². The molecule has 0 amide bonds. The van der Waals surface area contributed by atoms with E-state index in [-0.39, 0.29) is 0 Å². The summed E-state index contributed by atoms with van der Waals surface area (Å²) < 4.78 is 6.19. The summed E-state index contributed by atoms with van der Waals surface area (Å²) >= 11 is 3.32. The van der Waals surface area contributed by atoms with Gasteiger partial charge in [0.1, 0.15) is 11.4 Å². The molecule has 0 bridgehead atoms. The number of halogens is 1. The molecule has 1 aliphatic rings.